The van der Waals surface area contributed by atoms with E-state index in [0.717, 1.165) is 47.1 Å². The fourth-order valence-electron chi connectivity index (χ4n) is 9.13. The van der Waals surface area contributed by atoms with Gasteiger partial charge in [-0.2, -0.15) is 0 Å². The Hall–Kier alpha value is -4.13. The molecule has 0 aliphatic carbocycles. The zero-order valence-corrected chi connectivity index (χ0v) is 46.1. The first kappa shape index (κ1) is 59.1. The van der Waals surface area contributed by atoms with Crippen molar-refractivity contribution in [2.45, 2.75) is 172 Å². The van der Waals surface area contributed by atoms with Crippen LogP contribution in [0, 0.1) is 0 Å². The highest BCUT2D eigenvalue weighted by Crippen LogP contribution is 2.41. The van der Waals surface area contributed by atoms with Gasteiger partial charge in [0.1, 0.15) is 24.4 Å². The number of hydrogen-bond donors (Lipinski definition) is 0. The van der Waals surface area contributed by atoms with Crippen molar-refractivity contribution < 1.29 is 47.3 Å². The Morgan fingerprint density at radius 3 is 1.46 bits per heavy atom. The van der Waals surface area contributed by atoms with E-state index < -0.39 is 50.5 Å². The molecule has 5 aromatic rings. The van der Waals surface area contributed by atoms with Crippen molar-refractivity contribution in [1.29, 1.82) is 0 Å². The van der Waals surface area contributed by atoms with Gasteiger partial charge >= 0.3 is 13.8 Å². The third kappa shape index (κ3) is 22.2. The minimum absolute atomic E-state index is 0.0426. The number of hydrogen-bond acceptors (Lipinski definition) is 10. The highest BCUT2D eigenvalue weighted by molar-refractivity contribution is 9.09. The zero-order chi connectivity index (χ0) is 51.7. The number of alkyl halides is 1. The molecule has 74 heavy (non-hydrogen) atoms. The Morgan fingerprint density at radius 2 is 0.973 bits per heavy atom. The first-order chi connectivity index (χ1) is 36.5. The van der Waals surface area contributed by atoms with Crippen molar-refractivity contribution in [1.82, 2.24) is 0 Å². The molecule has 0 radical (unpaired) electrons. The second-order valence-electron chi connectivity index (χ2n) is 19.2. The second-order valence-corrected chi connectivity index (χ2v) is 21.7. The molecule has 0 saturated carbocycles. The van der Waals surface area contributed by atoms with Crippen LogP contribution in [0.1, 0.15) is 125 Å². The summed E-state index contributed by atoms with van der Waals surface area (Å²) < 4.78 is 69.1. The summed E-state index contributed by atoms with van der Waals surface area (Å²) in [4.78, 5) is 13.9. The van der Waals surface area contributed by atoms with Crippen molar-refractivity contribution in [3.05, 3.63) is 179 Å². The molecule has 0 amide bonds. The van der Waals surface area contributed by atoms with Gasteiger partial charge in [0.15, 0.2) is 18.6 Å². The van der Waals surface area contributed by atoms with Crippen molar-refractivity contribution in [3.8, 4) is 0 Å². The van der Waals surface area contributed by atoms with Gasteiger partial charge in [0, 0.05) is 11.8 Å². The minimum atomic E-state index is -2.28. The fourth-order valence-corrected chi connectivity index (χ4v) is 10.9. The predicted molar refractivity (Wildman–Crippen MR) is 297 cm³/mol. The Balaban J connectivity index is 1.27. The van der Waals surface area contributed by atoms with Crippen LogP contribution in [0.3, 0.4) is 0 Å². The van der Waals surface area contributed by atoms with E-state index in [0.29, 0.717) is 25.0 Å². The molecule has 0 N–H and O–H groups in total. The van der Waals surface area contributed by atoms with Crippen LogP contribution < -0.4 is 0 Å². The summed E-state index contributed by atoms with van der Waals surface area (Å²) in [6.07, 6.45) is 10.6. The monoisotopic (exact) mass is 1100 g/mol. The molecular formula is C62H81BrO10P+. The highest BCUT2D eigenvalue weighted by atomic mass is 79.9. The molecule has 3 unspecified atom stereocenters. The molecule has 1 fully saturated rings. The van der Waals surface area contributed by atoms with E-state index in [9.17, 15) is 4.79 Å². The smallest absolute Gasteiger partial charge is 0.379 e. The lowest BCUT2D eigenvalue weighted by molar-refractivity contribution is -0.335. The van der Waals surface area contributed by atoms with Gasteiger partial charge in [-0.3, -0.25) is 9.53 Å². The van der Waals surface area contributed by atoms with Gasteiger partial charge in [-0.25, -0.2) is 0 Å². The SMILES string of the molecule is CCCCCCCCCCCCCCCC(=O)OC(COCCBr)C(O[C@@H]1O[C@H](COCc2ccccc2)[C@@H](OCc2ccccc2)[C@H](OCc2ccccc2)[C@H]1OCc1ccccc1)[P+](=O)Cc1ccccc1. The molecule has 12 heteroatoms. The van der Waals surface area contributed by atoms with E-state index in [1.807, 2.05) is 152 Å². The molecule has 10 nitrogen and oxygen atoms in total. The van der Waals surface area contributed by atoms with E-state index in [2.05, 4.69) is 22.9 Å². The number of halogens is 1. The number of carbonyl (C=O) groups excluding carboxylic acids is 1. The summed E-state index contributed by atoms with van der Waals surface area (Å²) in [5.74, 6) is -1.56. The Morgan fingerprint density at radius 1 is 0.541 bits per heavy atom. The van der Waals surface area contributed by atoms with Gasteiger partial charge in [-0.05, 0) is 34.2 Å². The number of ether oxygens (including phenoxy) is 8. The third-order valence-corrected chi connectivity index (χ3v) is 15.2. The van der Waals surface area contributed by atoms with Crippen LogP contribution in [0.25, 0.3) is 0 Å². The number of rotatable bonds is 38. The summed E-state index contributed by atoms with van der Waals surface area (Å²) in [6, 6.07) is 49.4. The largest absolute Gasteiger partial charge is 0.452 e. The number of unbranched alkanes of at least 4 members (excludes halogenated alkanes) is 12. The van der Waals surface area contributed by atoms with Crippen LogP contribution in [0.2, 0.25) is 0 Å². The van der Waals surface area contributed by atoms with E-state index in [1.54, 1.807) is 0 Å². The Kier molecular flexibility index (Phi) is 28.8. The summed E-state index contributed by atoms with van der Waals surface area (Å²) in [7, 11) is -2.28. The first-order valence-electron chi connectivity index (χ1n) is 27.2. The summed E-state index contributed by atoms with van der Waals surface area (Å²) in [5, 5.41) is 0.560. The van der Waals surface area contributed by atoms with Gasteiger partial charge in [0.05, 0.1) is 46.2 Å². The van der Waals surface area contributed by atoms with Crippen molar-refractivity contribution in [2.24, 2.45) is 0 Å². The standard InChI is InChI=1S/C62H81BrO10P/c1-2-3-4-5-6-7-8-9-10-11-12-13-29-40-57(64)71-56(48-66-42-41-63)62(74(65)49-54-38-27-18-28-39-54)73-61-60(70-46-53-36-25-17-26-37-53)59(69-45-52-34-23-16-24-35-52)58(68-44-51-32-21-15-22-33-51)55(72-61)47-67-43-50-30-19-14-20-31-50/h14-28,30-39,55-56,58-62H,2-13,29,40-49H2,1H3/q+1/t55-,56?,58-,59+,60-,61+,62?/m1/s1. The fraction of sp³-hybridized carbons (Fsp3) is 0.500. The molecule has 1 heterocycles. The molecule has 0 spiro atoms. The van der Waals surface area contributed by atoms with E-state index in [1.165, 1.54) is 57.8 Å². The third-order valence-electron chi connectivity index (χ3n) is 13.2. The van der Waals surface area contributed by atoms with E-state index in [4.69, 9.17) is 37.9 Å². The van der Waals surface area contributed by atoms with Crippen molar-refractivity contribution >= 4 is 29.7 Å². The average molecular weight is 1100 g/mol. The van der Waals surface area contributed by atoms with Crippen LogP contribution in [0.4, 0.5) is 0 Å². The molecule has 0 aromatic heterocycles. The lowest BCUT2D eigenvalue weighted by Crippen LogP contribution is -2.62. The first-order valence-corrected chi connectivity index (χ1v) is 29.8. The summed E-state index contributed by atoms with van der Waals surface area (Å²) >= 11 is 3.49. The molecule has 1 saturated heterocycles. The Bertz CT molecular complexity index is 2210. The normalized spacial score (nSPS) is 18.7. The quantitative estimate of drug-likeness (QED) is 0.0164. The van der Waals surface area contributed by atoms with Crippen LogP contribution in [0.5, 0.6) is 0 Å². The van der Waals surface area contributed by atoms with Gasteiger partial charge in [0.2, 0.25) is 0 Å². The average Bonchev–Trinajstić information content (AvgIpc) is 3.43. The van der Waals surface area contributed by atoms with Crippen LogP contribution in [-0.4, -0.2) is 73.8 Å². The maximum absolute atomic E-state index is 15.1. The summed E-state index contributed by atoms with van der Waals surface area (Å²) in [5.41, 5.74) is 4.72. The van der Waals surface area contributed by atoms with E-state index in [-0.39, 0.29) is 51.6 Å². The second kappa shape index (κ2) is 36.0. The topological polar surface area (TPSA) is 108 Å². The number of carbonyl (C=O) groups is 1. The number of esters is 1. The molecule has 400 valence electrons. The van der Waals surface area contributed by atoms with Gasteiger partial charge in [-0.15, -0.1) is 0 Å². The van der Waals surface area contributed by atoms with Crippen LogP contribution in [-0.2, 0) is 79.8 Å². The molecule has 5 aromatic carbocycles. The van der Waals surface area contributed by atoms with Gasteiger partial charge < -0.3 is 33.2 Å². The maximum atomic E-state index is 15.1. The zero-order valence-electron chi connectivity index (χ0n) is 43.6. The molecule has 8 atom stereocenters. The van der Waals surface area contributed by atoms with Crippen LogP contribution in [0.15, 0.2) is 152 Å². The lowest BCUT2D eigenvalue weighted by atomic mass is 9.97. The van der Waals surface area contributed by atoms with E-state index >= 15 is 4.57 Å². The number of benzene rings is 5. The Labute approximate surface area is 451 Å². The lowest BCUT2D eigenvalue weighted by Gasteiger charge is -2.46. The molecule has 6 rings (SSSR count). The van der Waals surface area contributed by atoms with Crippen LogP contribution >= 0.6 is 23.7 Å². The molecule has 1 aliphatic rings. The highest BCUT2D eigenvalue weighted by Gasteiger charge is 2.53. The summed E-state index contributed by atoms with van der Waals surface area (Å²) in [6.45, 7) is 3.68. The van der Waals surface area contributed by atoms with Crippen molar-refractivity contribution in [3.63, 3.8) is 0 Å². The maximum Gasteiger partial charge on any atom is 0.379 e. The molecular weight excluding hydrogens is 1020 g/mol. The van der Waals surface area contributed by atoms with Gasteiger partial charge in [0.25, 0.3) is 5.85 Å². The predicted octanol–water partition coefficient (Wildman–Crippen LogP) is 14.9. The molecule has 1 aliphatic heterocycles. The molecule has 0 bridgehead atoms. The van der Waals surface area contributed by atoms with Crippen molar-refractivity contribution in [2.75, 3.05) is 25.2 Å². The van der Waals surface area contributed by atoms with Gasteiger partial charge in [-0.1, -0.05) is 256 Å². The minimum Gasteiger partial charge on any atom is -0.452 e.